The quantitative estimate of drug-likeness (QED) is 0.723. The van der Waals surface area contributed by atoms with E-state index < -0.39 is 10.9 Å². The van der Waals surface area contributed by atoms with Gasteiger partial charge in [0.15, 0.2) is 0 Å². The van der Waals surface area contributed by atoms with Crippen molar-refractivity contribution >= 4 is 34.6 Å². The Morgan fingerprint density at radius 1 is 1.24 bits per heavy atom. The molecule has 5 rings (SSSR count). The van der Waals surface area contributed by atoms with E-state index >= 15 is 0 Å². The highest BCUT2D eigenvalue weighted by molar-refractivity contribution is 8.00. The maximum atomic E-state index is 13.3. The van der Waals surface area contributed by atoms with Crippen LogP contribution in [0.5, 0.6) is 0 Å². The van der Waals surface area contributed by atoms with Gasteiger partial charge in [-0.15, -0.1) is 11.8 Å². The van der Waals surface area contributed by atoms with Crippen LogP contribution in [0.25, 0.3) is 11.0 Å². The van der Waals surface area contributed by atoms with Crippen LogP contribution >= 0.6 is 11.8 Å². The Morgan fingerprint density at radius 2 is 2.00 bits per heavy atom. The molecule has 3 aromatic rings. The molecule has 2 saturated heterocycles. The fourth-order valence-corrected chi connectivity index (χ4v) is 6.10. The van der Waals surface area contributed by atoms with Crippen LogP contribution < -0.4 is 0 Å². The number of nitrogens with one attached hydrogen (secondary N) is 1. The molecule has 2 aromatic carbocycles. The lowest BCUT2D eigenvalue weighted by atomic mass is 10.0. The zero-order chi connectivity index (χ0) is 20.0. The molecule has 0 spiro atoms. The van der Waals surface area contributed by atoms with Gasteiger partial charge in [0.25, 0.3) is 0 Å². The van der Waals surface area contributed by atoms with Crippen LogP contribution in [0.1, 0.15) is 24.2 Å². The van der Waals surface area contributed by atoms with Gasteiger partial charge >= 0.3 is 0 Å². The normalized spacial score (nSPS) is 23.6. The number of hydrogen-bond donors (Lipinski definition) is 1. The maximum absolute atomic E-state index is 13.3. The van der Waals surface area contributed by atoms with Crippen molar-refractivity contribution in [2.75, 3.05) is 12.8 Å². The molecule has 0 radical (unpaired) electrons. The summed E-state index contributed by atoms with van der Waals surface area (Å²) in [5, 5.41) is 0. The lowest BCUT2D eigenvalue weighted by molar-refractivity contribution is -0.143. The van der Waals surface area contributed by atoms with E-state index in [1.54, 1.807) is 23.7 Å². The Balaban J connectivity index is 1.38. The summed E-state index contributed by atoms with van der Waals surface area (Å²) in [5.41, 5.74) is 2.95. The predicted molar refractivity (Wildman–Crippen MR) is 113 cm³/mol. The molecule has 3 heterocycles. The number of benzene rings is 2. The lowest BCUT2D eigenvalue weighted by Crippen LogP contribution is -2.50. The number of rotatable bonds is 4. The molecule has 148 valence electrons. The summed E-state index contributed by atoms with van der Waals surface area (Å²) < 4.78 is 0. The highest BCUT2D eigenvalue weighted by Gasteiger charge is 2.57. The van der Waals surface area contributed by atoms with E-state index in [1.165, 1.54) is 0 Å². The Morgan fingerprint density at radius 3 is 2.79 bits per heavy atom. The minimum absolute atomic E-state index is 0.0361. The average molecular weight is 407 g/mol. The first-order valence-corrected chi connectivity index (χ1v) is 10.8. The van der Waals surface area contributed by atoms with Gasteiger partial charge in [0.05, 0.1) is 17.6 Å². The average Bonchev–Trinajstić information content (AvgIpc) is 3.42. The van der Waals surface area contributed by atoms with Crippen molar-refractivity contribution in [1.82, 2.24) is 19.8 Å². The molecular formula is C22H22N4O2S. The van der Waals surface area contributed by atoms with E-state index in [-0.39, 0.29) is 11.8 Å². The number of para-hydroxylation sites is 2. The van der Waals surface area contributed by atoms with E-state index in [9.17, 15) is 9.59 Å². The summed E-state index contributed by atoms with van der Waals surface area (Å²) >= 11 is 1.72. The molecule has 0 saturated carbocycles. The van der Waals surface area contributed by atoms with Gasteiger partial charge in [0.2, 0.25) is 11.8 Å². The minimum atomic E-state index is -0.440. The Bertz CT molecular complexity index is 1050. The summed E-state index contributed by atoms with van der Waals surface area (Å²) in [4.78, 5) is 37.0. The third-order valence-electron chi connectivity index (χ3n) is 5.84. The molecule has 1 aromatic heterocycles. The molecule has 0 bridgehead atoms. The van der Waals surface area contributed by atoms with Crippen LogP contribution in [0.15, 0.2) is 54.6 Å². The summed E-state index contributed by atoms with van der Waals surface area (Å²) in [6.07, 6.45) is 1.23. The van der Waals surface area contributed by atoms with E-state index in [2.05, 4.69) is 22.1 Å². The van der Waals surface area contributed by atoms with Crippen LogP contribution in [0.2, 0.25) is 0 Å². The number of nitrogens with zero attached hydrogens (tertiary/aromatic N) is 3. The van der Waals surface area contributed by atoms with Crippen molar-refractivity contribution in [1.29, 1.82) is 0 Å². The summed E-state index contributed by atoms with van der Waals surface area (Å²) in [5.74, 6) is 1.39. The number of likely N-dealkylation sites (N-methyl/N-ethyl adjacent to an activating group) is 1. The molecular weight excluding hydrogens is 384 g/mol. The van der Waals surface area contributed by atoms with E-state index in [4.69, 9.17) is 0 Å². The second-order valence-corrected chi connectivity index (χ2v) is 8.93. The highest BCUT2D eigenvalue weighted by Crippen LogP contribution is 2.54. The third-order valence-corrected chi connectivity index (χ3v) is 7.44. The Hall–Kier alpha value is -2.80. The van der Waals surface area contributed by atoms with Crippen LogP contribution in [-0.4, -0.2) is 50.4 Å². The zero-order valence-corrected chi connectivity index (χ0v) is 17.0. The van der Waals surface area contributed by atoms with E-state index in [0.29, 0.717) is 18.7 Å². The molecule has 6 nitrogen and oxygen atoms in total. The van der Waals surface area contributed by atoms with Crippen LogP contribution in [-0.2, 0) is 21.0 Å². The summed E-state index contributed by atoms with van der Waals surface area (Å²) in [7, 11) is 1.78. The Labute approximate surface area is 173 Å². The number of hydrogen-bond acceptors (Lipinski definition) is 4. The largest absolute Gasteiger partial charge is 0.340 e. The second-order valence-electron chi connectivity index (χ2n) is 7.64. The number of aromatic nitrogens is 2. The van der Waals surface area contributed by atoms with Gasteiger partial charge in [-0.05, 0) is 24.1 Å². The number of H-pyrrole nitrogens is 1. The van der Waals surface area contributed by atoms with Gasteiger partial charge in [-0.1, -0.05) is 42.5 Å². The monoisotopic (exact) mass is 406 g/mol. The topological polar surface area (TPSA) is 69.3 Å². The molecule has 2 aliphatic rings. The molecule has 29 heavy (non-hydrogen) atoms. The Kier molecular flexibility index (Phi) is 4.35. The van der Waals surface area contributed by atoms with Gasteiger partial charge in [0.1, 0.15) is 16.7 Å². The van der Waals surface area contributed by atoms with Crippen molar-refractivity contribution in [2.45, 2.75) is 30.3 Å². The summed E-state index contributed by atoms with van der Waals surface area (Å²) in [6.45, 7) is 0.384. The standard InChI is InChI=1S/C22H22N4O2S/c1-25(13-19-23-16-9-5-6-10-17(16)24-19)21(28)18-14-29-22(12-11-20(27)26(18)22)15-7-3-2-4-8-15/h2-10,18H,11-14H2,1H3,(H,23,24)/t18-,22-/m1/s1. The van der Waals surface area contributed by atoms with Crippen molar-refractivity contribution in [3.05, 3.63) is 66.0 Å². The smallest absolute Gasteiger partial charge is 0.246 e. The second kappa shape index (κ2) is 6.91. The zero-order valence-electron chi connectivity index (χ0n) is 16.2. The van der Waals surface area contributed by atoms with E-state index in [0.717, 1.165) is 28.8 Å². The number of thioether (sulfide) groups is 1. The number of carbonyl (C=O) groups is 2. The van der Waals surface area contributed by atoms with Crippen molar-refractivity contribution in [3.63, 3.8) is 0 Å². The number of amides is 2. The number of fused-ring (bicyclic) bond motifs is 2. The molecule has 2 fully saturated rings. The SMILES string of the molecule is CN(Cc1nc2ccccc2[nH]1)C(=O)[C@H]1CS[C@@]2(c3ccccc3)CCC(=O)N12. The molecule has 0 unspecified atom stereocenters. The van der Waals surface area contributed by atoms with Crippen LogP contribution in [0.3, 0.4) is 0 Å². The molecule has 2 atom stereocenters. The number of imidazole rings is 1. The molecule has 7 heteroatoms. The van der Waals surface area contributed by atoms with Crippen molar-refractivity contribution in [3.8, 4) is 0 Å². The van der Waals surface area contributed by atoms with Crippen LogP contribution in [0, 0.1) is 0 Å². The fraction of sp³-hybridized carbons (Fsp3) is 0.318. The lowest BCUT2D eigenvalue weighted by Gasteiger charge is -2.35. The predicted octanol–water partition coefficient (Wildman–Crippen LogP) is 3.11. The first-order chi connectivity index (χ1) is 14.1. The van der Waals surface area contributed by atoms with Crippen LogP contribution in [0.4, 0.5) is 0 Å². The van der Waals surface area contributed by atoms with Gasteiger partial charge in [-0.3, -0.25) is 9.59 Å². The molecule has 1 N–H and O–H groups in total. The first-order valence-electron chi connectivity index (χ1n) is 9.79. The first kappa shape index (κ1) is 18.2. The third kappa shape index (κ3) is 2.92. The van der Waals surface area contributed by atoms with Gasteiger partial charge in [0, 0.05) is 19.2 Å². The fourth-order valence-electron chi connectivity index (χ4n) is 4.46. The number of aromatic amines is 1. The number of carbonyl (C=O) groups excluding carboxylic acids is 2. The highest BCUT2D eigenvalue weighted by atomic mass is 32.2. The van der Waals surface area contributed by atoms with E-state index in [1.807, 2.05) is 47.4 Å². The van der Waals surface area contributed by atoms with Crippen molar-refractivity contribution < 1.29 is 9.59 Å². The minimum Gasteiger partial charge on any atom is -0.340 e. The molecule has 0 aliphatic carbocycles. The molecule has 2 amide bonds. The maximum Gasteiger partial charge on any atom is 0.246 e. The molecule has 2 aliphatic heterocycles. The van der Waals surface area contributed by atoms with Crippen molar-refractivity contribution in [2.24, 2.45) is 0 Å². The summed E-state index contributed by atoms with van der Waals surface area (Å²) in [6, 6.07) is 17.5. The van der Waals surface area contributed by atoms with Gasteiger partial charge < -0.3 is 14.8 Å². The van der Waals surface area contributed by atoms with Gasteiger partial charge in [-0.25, -0.2) is 4.98 Å². The van der Waals surface area contributed by atoms with Gasteiger partial charge in [-0.2, -0.15) is 0 Å².